The van der Waals surface area contributed by atoms with Gasteiger partial charge < -0.3 is 4.74 Å². The molecule has 5 nitrogen and oxygen atoms in total. The van der Waals surface area contributed by atoms with Crippen LogP contribution in [0.25, 0.3) is 23.0 Å². The Labute approximate surface area is 227 Å². The number of thiocarbonyl (C=S) groups is 1. The van der Waals surface area contributed by atoms with Crippen LogP contribution in [0.4, 0.5) is 0 Å². The fourth-order valence-corrected chi connectivity index (χ4v) is 5.41. The molecule has 1 fully saturated rings. The van der Waals surface area contributed by atoms with E-state index in [1.165, 1.54) is 11.8 Å². The lowest BCUT2D eigenvalue weighted by molar-refractivity contribution is -0.122. The molecule has 2 heterocycles. The van der Waals surface area contributed by atoms with Crippen molar-refractivity contribution in [2.24, 2.45) is 0 Å². The zero-order valence-electron chi connectivity index (χ0n) is 20.6. The molecule has 0 spiro atoms. The average molecular weight is 540 g/mol. The number of ether oxygens (including phenoxy) is 1. The van der Waals surface area contributed by atoms with Crippen LogP contribution < -0.4 is 4.74 Å². The van der Waals surface area contributed by atoms with Gasteiger partial charge in [0.05, 0.1) is 22.2 Å². The van der Waals surface area contributed by atoms with Crippen LogP contribution in [0.2, 0.25) is 5.02 Å². The van der Waals surface area contributed by atoms with E-state index in [1.54, 1.807) is 4.90 Å². The molecule has 0 bridgehead atoms. The first-order chi connectivity index (χ1) is 17.5. The molecule has 1 amide bonds. The zero-order chi connectivity index (χ0) is 25.5. The summed E-state index contributed by atoms with van der Waals surface area (Å²) in [5.74, 6) is 0.614. The molecule has 8 heteroatoms. The van der Waals surface area contributed by atoms with Crippen LogP contribution in [0.1, 0.15) is 51.5 Å². The van der Waals surface area contributed by atoms with Crippen LogP contribution in [0.15, 0.2) is 59.6 Å². The van der Waals surface area contributed by atoms with Gasteiger partial charge in [-0.1, -0.05) is 86.9 Å². The van der Waals surface area contributed by atoms with E-state index in [0.717, 1.165) is 54.6 Å². The number of benzene rings is 2. The number of rotatable bonds is 11. The van der Waals surface area contributed by atoms with E-state index >= 15 is 0 Å². The van der Waals surface area contributed by atoms with Gasteiger partial charge in [-0.05, 0) is 49.2 Å². The maximum Gasteiger partial charge on any atom is 0.266 e. The summed E-state index contributed by atoms with van der Waals surface area (Å²) < 4.78 is 8.25. The second kappa shape index (κ2) is 12.6. The molecular formula is C28H30ClN3O2S2. The summed E-state index contributed by atoms with van der Waals surface area (Å²) in [6.07, 6.45) is 8.97. The molecule has 4 rings (SSSR count). The van der Waals surface area contributed by atoms with Crippen LogP contribution in [0.5, 0.6) is 5.75 Å². The number of amides is 1. The number of thioether (sulfide) groups is 1. The number of unbranched alkanes of at least 4 members (excludes halogenated alkanes) is 3. The van der Waals surface area contributed by atoms with Gasteiger partial charge in [0.25, 0.3) is 5.91 Å². The number of carbonyl (C=O) groups excluding carboxylic acids is 1. The standard InChI is InChI=1S/C28H30ClN3O2S2/c1-3-5-10-15-31-27(33)25(36-28(31)35)18-21-19-32(22-11-8-7-9-12-22)30-26(21)20-13-14-24(23(29)17-20)34-16-6-4-2/h7-9,11-14,17-19H,3-6,10,15-16H2,1-2H3. The van der Waals surface area contributed by atoms with E-state index in [1.807, 2.05) is 65.5 Å². The molecule has 1 aromatic heterocycles. The van der Waals surface area contributed by atoms with Crippen molar-refractivity contribution in [3.05, 3.63) is 70.2 Å². The Morgan fingerprint density at radius 2 is 1.86 bits per heavy atom. The molecule has 0 aliphatic carbocycles. The van der Waals surface area contributed by atoms with E-state index in [0.29, 0.717) is 33.1 Å². The maximum absolute atomic E-state index is 13.1. The quantitative estimate of drug-likeness (QED) is 0.141. The van der Waals surface area contributed by atoms with Gasteiger partial charge in [-0.15, -0.1) is 0 Å². The van der Waals surface area contributed by atoms with Gasteiger partial charge in [0.15, 0.2) is 0 Å². The molecule has 3 aromatic rings. The van der Waals surface area contributed by atoms with Crippen molar-refractivity contribution in [3.8, 4) is 22.7 Å². The average Bonchev–Trinajstić information content (AvgIpc) is 3.42. The van der Waals surface area contributed by atoms with Gasteiger partial charge in [0, 0.05) is 23.9 Å². The number of carbonyl (C=O) groups is 1. The Balaban J connectivity index is 1.69. The van der Waals surface area contributed by atoms with Crippen molar-refractivity contribution in [2.45, 2.75) is 46.0 Å². The van der Waals surface area contributed by atoms with E-state index in [2.05, 4.69) is 13.8 Å². The fourth-order valence-electron chi connectivity index (χ4n) is 3.88. The van der Waals surface area contributed by atoms with Crippen molar-refractivity contribution in [1.29, 1.82) is 0 Å². The molecule has 0 saturated carbocycles. The summed E-state index contributed by atoms with van der Waals surface area (Å²) in [5, 5.41) is 5.40. The van der Waals surface area contributed by atoms with Crippen molar-refractivity contribution < 1.29 is 9.53 Å². The third-order valence-corrected chi connectivity index (χ3v) is 7.54. The molecule has 0 unspecified atom stereocenters. The van der Waals surface area contributed by atoms with Gasteiger partial charge in [-0.2, -0.15) is 5.10 Å². The number of hydrogen-bond donors (Lipinski definition) is 0. The molecule has 1 saturated heterocycles. The highest BCUT2D eigenvalue weighted by atomic mass is 35.5. The van der Waals surface area contributed by atoms with Gasteiger partial charge >= 0.3 is 0 Å². The first-order valence-electron chi connectivity index (χ1n) is 12.3. The molecule has 1 aliphatic rings. The Morgan fingerprint density at radius 1 is 1.08 bits per heavy atom. The largest absolute Gasteiger partial charge is 0.492 e. The van der Waals surface area contributed by atoms with Gasteiger partial charge in [0.2, 0.25) is 0 Å². The number of para-hydroxylation sites is 1. The first-order valence-corrected chi connectivity index (χ1v) is 13.9. The number of halogens is 1. The molecule has 36 heavy (non-hydrogen) atoms. The lowest BCUT2D eigenvalue weighted by Crippen LogP contribution is -2.28. The van der Waals surface area contributed by atoms with Crippen LogP contribution in [-0.2, 0) is 4.79 Å². The number of aromatic nitrogens is 2. The van der Waals surface area contributed by atoms with Crippen LogP contribution in [0.3, 0.4) is 0 Å². The second-order valence-corrected chi connectivity index (χ2v) is 10.7. The zero-order valence-corrected chi connectivity index (χ0v) is 23.0. The van der Waals surface area contributed by atoms with Gasteiger partial charge in [0.1, 0.15) is 15.8 Å². The molecule has 0 radical (unpaired) electrons. The van der Waals surface area contributed by atoms with Gasteiger partial charge in [-0.3, -0.25) is 9.69 Å². The fraction of sp³-hybridized carbons (Fsp3) is 0.321. The Bertz CT molecular complexity index is 1260. The second-order valence-electron chi connectivity index (χ2n) is 8.60. The van der Waals surface area contributed by atoms with Crippen LogP contribution in [0, 0.1) is 0 Å². The lowest BCUT2D eigenvalue weighted by atomic mass is 10.1. The predicted molar refractivity (Wildman–Crippen MR) is 154 cm³/mol. The highest BCUT2D eigenvalue weighted by Gasteiger charge is 2.32. The molecule has 188 valence electrons. The maximum atomic E-state index is 13.1. The highest BCUT2D eigenvalue weighted by molar-refractivity contribution is 8.26. The Hall–Kier alpha value is -2.61. The van der Waals surface area contributed by atoms with Crippen molar-refractivity contribution in [1.82, 2.24) is 14.7 Å². The monoisotopic (exact) mass is 539 g/mol. The van der Waals surface area contributed by atoms with E-state index in [4.69, 9.17) is 33.7 Å². The van der Waals surface area contributed by atoms with Crippen LogP contribution in [-0.4, -0.2) is 38.1 Å². The lowest BCUT2D eigenvalue weighted by Gasteiger charge is -2.13. The first kappa shape index (κ1) is 26.5. The Morgan fingerprint density at radius 3 is 2.58 bits per heavy atom. The smallest absolute Gasteiger partial charge is 0.266 e. The number of nitrogens with zero attached hydrogens (tertiary/aromatic N) is 3. The minimum absolute atomic E-state index is 0.0442. The third-order valence-electron chi connectivity index (χ3n) is 5.87. The SMILES string of the molecule is CCCCCN1C(=O)C(=Cc2cn(-c3ccccc3)nc2-c2ccc(OCCCC)c(Cl)c2)SC1=S. The topological polar surface area (TPSA) is 47.4 Å². The van der Waals surface area contributed by atoms with Crippen LogP contribution >= 0.6 is 35.6 Å². The predicted octanol–water partition coefficient (Wildman–Crippen LogP) is 7.76. The minimum Gasteiger partial charge on any atom is -0.492 e. The molecule has 0 N–H and O–H groups in total. The van der Waals surface area contributed by atoms with Crippen molar-refractivity contribution in [2.75, 3.05) is 13.2 Å². The number of hydrogen-bond acceptors (Lipinski definition) is 5. The summed E-state index contributed by atoms with van der Waals surface area (Å²) in [7, 11) is 0. The van der Waals surface area contributed by atoms with E-state index in [9.17, 15) is 4.79 Å². The van der Waals surface area contributed by atoms with Crippen molar-refractivity contribution in [3.63, 3.8) is 0 Å². The summed E-state index contributed by atoms with van der Waals surface area (Å²) in [6, 6.07) is 15.6. The molecule has 2 aromatic carbocycles. The van der Waals surface area contributed by atoms with E-state index < -0.39 is 0 Å². The summed E-state index contributed by atoms with van der Waals surface area (Å²) in [6.45, 7) is 5.55. The summed E-state index contributed by atoms with van der Waals surface area (Å²) in [4.78, 5) is 15.5. The highest BCUT2D eigenvalue weighted by Crippen LogP contribution is 2.36. The molecule has 0 atom stereocenters. The molecule has 1 aliphatic heterocycles. The summed E-state index contributed by atoms with van der Waals surface area (Å²) >= 11 is 13.4. The Kier molecular flexibility index (Phi) is 9.24. The molecular weight excluding hydrogens is 510 g/mol. The minimum atomic E-state index is -0.0442. The summed E-state index contributed by atoms with van der Waals surface area (Å²) in [5.41, 5.74) is 3.33. The van der Waals surface area contributed by atoms with Crippen molar-refractivity contribution >= 4 is 51.9 Å². The normalized spacial score (nSPS) is 14.8. The third kappa shape index (κ3) is 6.20. The van der Waals surface area contributed by atoms with Gasteiger partial charge in [-0.25, -0.2) is 4.68 Å². The van der Waals surface area contributed by atoms with E-state index in [-0.39, 0.29) is 5.91 Å².